The Morgan fingerprint density at radius 2 is 1.97 bits per heavy atom. The summed E-state index contributed by atoms with van der Waals surface area (Å²) >= 11 is 0. The fourth-order valence-electron chi connectivity index (χ4n) is 4.73. The second kappa shape index (κ2) is 11.6. The predicted octanol–water partition coefficient (Wildman–Crippen LogP) is 5.77. The molecule has 1 aromatic carbocycles. The first-order valence-corrected chi connectivity index (χ1v) is 12.8. The molecule has 1 aliphatic carbocycles. The first-order chi connectivity index (χ1) is 16.6. The van der Waals surface area contributed by atoms with Crippen LogP contribution in [0.2, 0.25) is 0 Å². The zero-order valence-electron chi connectivity index (χ0n) is 21.8. The van der Waals surface area contributed by atoms with E-state index in [4.69, 9.17) is 4.98 Å². The Labute approximate surface area is 209 Å². The van der Waals surface area contributed by atoms with Crippen LogP contribution in [0.1, 0.15) is 81.6 Å². The lowest BCUT2D eigenvalue weighted by Crippen LogP contribution is -2.32. The van der Waals surface area contributed by atoms with Crippen molar-refractivity contribution < 1.29 is 5.11 Å². The van der Waals surface area contributed by atoms with Crippen molar-refractivity contribution >= 4 is 5.57 Å². The van der Waals surface area contributed by atoms with Crippen molar-refractivity contribution in [3.05, 3.63) is 81.1 Å². The average molecular weight is 474 g/mol. The van der Waals surface area contributed by atoms with Gasteiger partial charge in [0.2, 0.25) is 0 Å². The maximum atomic E-state index is 13.6. The number of aliphatic hydroxyl groups is 1. The third-order valence-electron chi connectivity index (χ3n) is 6.53. The number of aliphatic hydroxyl groups excluding tert-OH is 1. The van der Waals surface area contributed by atoms with Gasteiger partial charge in [0, 0.05) is 24.1 Å². The first-order valence-electron chi connectivity index (χ1n) is 12.8. The number of allylic oxidation sites excluding steroid dienone is 4. The molecule has 0 saturated heterocycles. The molecule has 0 saturated carbocycles. The molecule has 0 radical (unpaired) electrons. The number of nitriles is 1. The van der Waals surface area contributed by atoms with Crippen molar-refractivity contribution in [3.63, 3.8) is 0 Å². The van der Waals surface area contributed by atoms with Crippen molar-refractivity contribution in [1.29, 1.82) is 5.26 Å². The third kappa shape index (κ3) is 7.02. The van der Waals surface area contributed by atoms with Gasteiger partial charge in [0.1, 0.15) is 5.82 Å². The largest absolute Gasteiger partial charge is 0.393 e. The normalized spacial score (nSPS) is 16.6. The highest BCUT2D eigenvalue weighted by Crippen LogP contribution is 2.29. The van der Waals surface area contributed by atoms with E-state index in [1.807, 2.05) is 49.4 Å². The van der Waals surface area contributed by atoms with Gasteiger partial charge in [-0.1, -0.05) is 76.6 Å². The first kappa shape index (κ1) is 26.6. The minimum absolute atomic E-state index is 0.0172. The lowest BCUT2D eigenvalue weighted by molar-refractivity contribution is 0.121. The molecule has 1 heterocycles. The molecule has 0 spiro atoms. The number of aromatic nitrogens is 2. The van der Waals surface area contributed by atoms with Crippen LogP contribution < -0.4 is 5.56 Å². The van der Waals surface area contributed by atoms with Gasteiger partial charge in [-0.15, -0.1) is 0 Å². The van der Waals surface area contributed by atoms with E-state index in [1.54, 1.807) is 4.57 Å². The van der Waals surface area contributed by atoms with Crippen LogP contribution in [0.3, 0.4) is 0 Å². The van der Waals surface area contributed by atoms with Crippen molar-refractivity contribution in [2.45, 2.75) is 85.8 Å². The van der Waals surface area contributed by atoms with Crippen LogP contribution in [0.5, 0.6) is 0 Å². The van der Waals surface area contributed by atoms with E-state index in [-0.39, 0.29) is 16.9 Å². The Kier molecular flexibility index (Phi) is 8.86. The van der Waals surface area contributed by atoms with E-state index >= 15 is 0 Å². The van der Waals surface area contributed by atoms with Crippen molar-refractivity contribution in [3.8, 4) is 6.07 Å². The molecule has 0 bridgehead atoms. The molecule has 1 aromatic heterocycles. The molecule has 2 aromatic rings. The molecule has 2 unspecified atom stereocenters. The number of benzene rings is 1. The Bertz CT molecular complexity index is 1170. The number of unbranched alkanes of at least 4 members (excludes halogenated alkanes) is 1. The van der Waals surface area contributed by atoms with E-state index in [2.05, 4.69) is 33.8 Å². The Morgan fingerprint density at radius 1 is 1.26 bits per heavy atom. The second-order valence-corrected chi connectivity index (χ2v) is 10.9. The fourth-order valence-corrected chi connectivity index (χ4v) is 4.73. The summed E-state index contributed by atoms with van der Waals surface area (Å²) in [7, 11) is 0. The number of hydrogen-bond acceptors (Lipinski definition) is 4. The SMILES string of the molecule is CCCCc1nc(C)c(CC(O)CC(C)(C)C)c(=O)n1Cc1ccc(C2=CC=CCC2C#N)cc1. The fraction of sp³-hybridized carbons (Fsp3) is 0.500. The molecule has 0 fully saturated rings. The maximum Gasteiger partial charge on any atom is 0.257 e. The van der Waals surface area contributed by atoms with Gasteiger partial charge in [-0.2, -0.15) is 5.26 Å². The Hall–Kier alpha value is -2.97. The van der Waals surface area contributed by atoms with Crippen LogP contribution >= 0.6 is 0 Å². The summed E-state index contributed by atoms with van der Waals surface area (Å²) in [6, 6.07) is 10.5. The highest BCUT2D eigenvalue weighted by atomic mass is 16.3. The van der Waals surface area contributed by atoms with Gasteiger partial charge in [0.25, 0.3) is 5.56 Å². The zero-order chi connectivity index (χ0) is 25.6. The van der Waals surface area contributed by atoms with Gasteiger partial charge >= 0.3 is 0 Å². The van der Waals surface area contributed by atoms with Crippen LogP contribution in [0.4, 0.5) is 0 Å². The van der Waals surface area contributed by atoms with E-state index in [0.29, 0.717) is 24.9 Å². The van der Waals surface area contributed by atoms with Crippen LogP contribution in [-0.4, -0.2) is 20.8 Å². The van der Waals surface area contributed by atoms with Gasteiger partial charge in [-0.3, -0.25) is 9.36 Å². The molecular formula is C30H39N3O2. The van der Waals surface area contributed by atoms with E-state index in [1.165, 1.54) is 0 Å². The van der Waals surface area contributed by atoms with Gasteiger partial charge in [0.15, 0.2) is 0 Å². The smallest absolute Gasteiger partial charge is 0.257 e. The molecule has 1 N–H and O–H groups in total. The summed E-state index contributed by atoms with van der Waals surface area (Å²) < 4.78 is 1.79. The summed E-state index contributed by atoms with van der Waals surface area (Å²) in [4.78, 5) is 18.5. The number of nitrogens with zero attached hydrogens (tertiary/aromatic N) is 3. The minimum Gasteiger partial charge on any atom is -0.393 e. The standard InChI is InChI=1S/C30H39N3O2/c1-6-7-12-28-32-21(2)27(17-25(34)18-30(3,4)5)29(35)33(28)20-22-13-15-23(16-14-22)26-11-9-8-10-24(26)19-31/h8-9,11,13-16,24-25,34H,6-7,10,12,17-18,20H2,1-5H3. The summed E-state index contributed by atoms with van der Waals surface area (Å²) in [6.45, 7) is 10.7. The second-order valence-electron chi connectivity index (χ2n) is 10.9. The zero-order valence-corrected chi connectivity index (χ0v) is 21.8. The lowest BCUT2D eigenvalue weighted by atomic mass is 9.87. The molecule has 35 heavy (non-hydrogen) atoms. The summed E-state index contributed by atoms with van der Waals surface area (Å²) in [6.07, 6.45) is 9.88. The molecule has 0 amide bonds. The lowest BCUT2D eigenvalue weighted by Gasteiger charge is -2.23. The Morgan fingerprint density at radius 3 is 2.60 bits per heavy atom. The maximum absolute atomic E-state index is 13.6. The van der Waals surface area contributed by atoms with E-state index < -0.39 is 6.10 Å². The number of hydrogen-bond donors (Lipinski definition) is 1. The minimum atomic E-state index is -0.580. The van der Waals surface area contributed by atoms with Crippen molar-refractivity contribution in [1.82, 2.24) is 9.55 Å². The van der Waals surface area contributed by atoms with Crippen LogP contribution in [-0.2, 0) is 19.4 Å². The molecule has 0 aliphatic heterocycles. The van der Waals surface area contributed by atoms with Gasteiger partial charge in [-0.05, 0) is 48.3 Å². The molecule has 1 aliphatic rings. The quantitative estimate of drug-likeness (QED) is 0.502. The Balaban J connectivity index is 1.92. The van der Waals surface area contributed by atoms with E-state index in [0.717, 1.165) is 53.9 Å². The topological polar surface area (TPSA) is 78.9 Å². The average Bonchev–Trinajstić information content (AvgIpc) is 2.81. The third-order valence-corrected chi connectivity index (χ3v) is 6.53. The highest BCUT2D eigenvalue weighted by molar-refractivity contribution is 5.72. The van der Waals surface area contributed by atoms with Gasteiger partial charge < -0.3 is 5.11 Å². The highest BCUT2D eigenvalue weighted by Gasteiger charge is 2.22. The number of aryl methyl sites for hydroxylation is 2. The summed E-state index contributed by atoms with van der Waals surface area (Å²) in [5, 5.41) is 20.2. The summed E-state index contributed by atoms with van der Waals surface area (Å²) in [5.74, 6) is 0.676. The molecular weight excluding hydrogens is 434 g/mol. The molecule has 5 nitrogen and oxygen atoms in total. The van der Waals surface area contributed by atoms with Crippen LogP contribution in [0.15, 0.2) is 47.3 Å². The van der Waals surface area contributed by atoms with E-state index in [9.17, 15) is 15.2 Å². The molecule has 2 atom stereocenters. The van der Waals surface area contributed by atoms with Crippen molar-refractivity contribution in [2.24, 2.45) is 11.3 Å². The molecule has 186 valence electrons. The molecule has 5 heteroatoms. The van der Waals surface area contributed by atoms with Crippen molar-refractivity contribution in [2.75, 3.05) is 0 Å². The predicted molar refractivity (Wildman–Crippen MR) is 142 cm³/mol. The van der Waals surface area contributed by atoms with Crippen LogP contribution in [0, 0.1) is 29.6 Å². The number of rotatable bonds is 9. The van der Waals surface area contributed by atoms with Gasteiger partial charge in [-0.25, -0.2) is 4.98 Å². The monoisotopic (exact) mass is 473 g/mol. The van der Waals surface area contributed by atoms with Crippen LogP contribution in [0.25, 0.3) is 5.57 Å². The summed E-state index contributed by atoms with van der Waals surface area (Å²) in [5.41, 5.74) is 4.35. The molecule has 3 rings (SSSR count). The van der Waals surface area contributed by atoms with Gasteiger partial charge in [0.05, 0.1) is 24.6 Å².